The summed E-state index contributed by atoms with van der Waals surface area (Å²) in [6.07, 6.45) is 72.8. The van der Waals surface area contributed by atoms with E-state index in [-0.39, 0.29) is 31.1 Å². The lowest BCUT2D eigenvalue weighted by molar-refractivity contribution is -0.167. The lowest BCUT2D eigenvalue weighted by atomic mass is 10.1. The first-order chi connectivity index (χ1) is 33.5. The van der Waals surface area contributed by atoms with Gasteiger partial charge < -0.3 is 14.2 Å². The van der Waals surface area contributed by atoms with Gasteiger partial charge in [0.1, 0.15) is 13.2 Å². The van der Waals surface area contributed by atoms with E-state index in [1.54, 1.807) is 0 Å². The lowest BCUT2D eigenvalue weighted by Crippen LogP contribution is -2.30. The third kappa shape index (κ3) is 53.5. The molecule has 0 saturated carbocycles. The number of allylic oxidation sites excluding steroid dienone is 14. The predicted octanol–water partition coefficient (Wildman–Crippen LogP) is 19.2. The first-order valence-electron chi connectivity index (χ1n) is 28.6. The van der Waals surface area contributed by atoms with Gasteiger partial charge in [-0.2, -0.15) is 0 Å². The Morgan fingerprint density at radius 2 is 0.588 bits per heavy atom. The van der Waals surface area contributed by atoms with Crippen LogP contribution in [0.25, 0.3) is 0 Å². The van der Waals surface area contributed by atoms with Crippen LogP contribution >= 0.6 is 0 Å². The average Bonchev–Trinajstić information content (AvgIpc) is 3.34. The first-order valence-corrected chi connectivity index (χ1v) is 28.6. The van der Waals surface area contributed by atoms with Crippen molar-refractivity contribution in [3.63, 3.8) is 0 Å². The van der Waals surface area contributed by atoms with Crippen molar-refractivity contribution >= 4 is 17.9 Å². The van der Waals surface area contributed by atoms with Crippen molar-refractivity contribution in [1.29, 1.82) is 0 Å². The van der Waals surface area contributed by atoms with Crippen molar-refractivity contribution in [3.8, 4) is 0 Å². The molecule has 390 valence electrons. The highest BCUT2D eigenvalue weighted by atomic mass is 16.6. The van der Waals surface area contributed by atoms with Crippen molar-refractivity contribution in [1.82, 2.24) is 0 Å². The minimum atomic E-state index is -0.794. The summed E-state index contributed by atoms with van der Waals surface area (Å²) >= 11 is 0. The van der Waals surface area contributed by atoms with Crippen LogP contribution in [0.3, 0.4) is 0 Å². The Labute approximate surface area is 420 Å². The molecule has 0 aromatic carbocycles. The van der Waals surface area contributed by atoms with Crippen LogP contribution in [0.15, 0.2) is 85.1 Å². The Balaban J connectivity index is 4.39. The standard InChI is InChI=1S/C62H106O6/c1-4-7-10-13-16-19-22-25-28-29-30-31-32-33-35-37-40-43-46-49-52-55-61(64)67-58-59(57-66-60(63)54-51-48-45-42-39-36-27-24-21-18-15-12-9-6-3)68-62(65)56-53-50-47-44-41-38-34-26-23-20-17-14-11-8-5-2/h8,11,15,17-18,20,22,24-27,29-30,34,59H,4-7,9-10,12-14,16,19,21,23,28,31-33,35-58H2,1-3H3/b11-8-,18-15-,20-17-,25-22-,27-24-,30-29-,34-26-. The van der Waals surface area contributed by atoms with Crippen LogP contribution in [0.4, 0.5) is 0 Å². The van der Waals surface area contributed by atoms with Gasteiger partial charge in [0.25, 0.3) is 0 Å². The van der Waals surface area contributed by atoms with Crippen LogP contribution in [0, 0.1) is 0 Å². The molecular weight excluding hydrogens is 841 g/mol. The summed E-state index contributed by atoms with van der Waals surface area (Å²) in [7, 11) is 0. The van der Waals surface area contributed by atoms with E-state index < -0.39 is 6.10 Å². The summed E-state index contributed by atoms with van der Waals surface area (Å²) in [4.78, 5) is 38.1. The van der Waals surface area contributed by atoms with E-state index in [2.05, 4.69) is 106 Å². The second-order valence-electron chi connectivity index (χ2n) is 18.8. The number of carbonyl (C=O) groups excluding carboxylic acids is 3. The van der Waals surface area contributed by atoms with Crippen LogP contribution in [-0.2, 0) is 28.6 Å². The molecule has 0 spiro atoms. The molecule has 1 atom stereocenters. The van der Waals surface area contributed by atoms with Crippen LogP contribution in [0.1, 0.15) is 271 Å². The van der Waals surface area contributed by atoms with Crippen LogP contribution in [-0.4, -0.2) is 37.2 Å². The number of hydrogen-bond acceptors (Lipinski definition) is 6. The predicted molar refractivity (Wildman–Crippen MR) is 293 cm³/mol. The zero-order valence-electron chi connectivity index (χ0n) is 44.6. The van der Waals surface area contributed by atoms with Gasteiger partial charge in [0.2, 0.25) is 0 Å². The van der Waals surface area contributed by atoms with Crippen molar-refractivity contribution < 1.29 is 28.6 Å². The van der Waals surface area contributed by atoms with Gasteiger partial charge in [0.05, 0.1) is 0 Å². The average molecular weight is 948 g/mol. The van der Waals surface area contributed by atoms with E-state index in [0.717, 1.165) is 128 Å². The topological polar surface area (TPSA) is 78.9 Å². The fourth-order valence-electron chi connectivity index (χ4n) is 7.80. The number of esters is 3. The maximum absolute atomic E-state index is 12.8. The van der Waals surface area contributed by atoms with Gasteiger partial charge in [-0.3, -0.25) is 14.4 Å². The highest BCUT2D eigenvalue weighted by molar-refractivity contribution is 5.71. The largest absolute Gasteiger partial charge is 0.462 e. The number of carbonyl (C=O) groups is 3. The molecule has 0 radical (unpaired) electrons. The quantitative estimate of drug-likeness (QED) is 0.0262. The van der Waals surface area contributed by atoms with Crippen molar-refractivity contribution in [3.05, 3.63) is 85.1 Å². The molecule has 0 amide bonds. The zero-order valence-corrected chi connectivity index (χ0v) is 44.6. The van der Waals surface area contributed by atoms with Gasteiger partial charge in [-0.15, -0.1) is 0 Å². The molecule has 0 rings (SSSR count). The third-order valence-electron chi connectivity index (χ3n) is 12.1. The van der Waals surface area contributed by atoms with Crippen LogP contribution < -0.4 is 0 Å². The molecule has 0 fully saturated rings. The Bertz CT molecular complexity index is 1320. The third-order valence-corrected chi connectivity index (χ3v) is 12.1. The van der Waals surface area contributed by atoms with Gasteiger partial charge in [-0.05, 0) is 109 Å². The highest BCUT2D eigenvalue weighted by Crippen LogP contribution is 2.15. The van der Waals surface area contributed by atoms with Gasteiger partial charge in [0.15, 0.2) is 6.10 Å². The van der Waals surface area contributed by atoms with E-state index in [4.69, 9.17) is 14.2 Å². The molecule has 0 aliphatic rings. The smallest absolute Gasteiger partial charge is 0.306 e. The number of ether oxygens (including phenoxy) is 3. The Morgan fingerprint density at radius 3 is 0.941 bits per heavy atom. The van der Waals surface area contributed by atoms with Gasteiger partial charge in [-0.25, -0.2) is 0 Å². The maximum atomic E-state index is 12.8. The van der Waals surface area contributed by atoms with E-state index in [1.807, 2.05) is 0 Å². The van der Waals surface area contributed by atoms with E-state index in [9.17, 15) is 14.4 Å². The van der Waals surface area contributed by atoms with Gasteiger partial charge >= 0.3 is 17.9 Å². The van der Waals surface area contributed by atoms with E-state index >= 15 is 0 Å². The first kappa shape index (κ1) is 64.6. The minimum Gasteiger partial charge on any atom is -0.462 e. The maximum Gasteiger partial charge on any atom is 0.306 e. The number of unbranched alkanes of at least 4 members (excludes halogenated alkanes) is 26. The zero-order chi connectivity index (χ0) is 49.3. The fourth-order valence-corrected chi connectivity index (χ4v) is 7.80. The summed E-state index contributed by atoms with van der Waals surface area (Å²) in [6.45, 7) is 6.46. The molecule has 0 bridgehead atoms. The molecule has 68 heavy (non-hydrogen) atoms. The van der Waals surface area contributed by atoms with Crippen LogP contribution in [0.5, 0.6) is 0 Å². The number of rotatable bonds is 51. The monoisotopic (exact) mass is 947 g/mol. The molecule has 0 aliphatic carbocycles. The summed E-state index contributed by atoms with van der Waals surface area (Å²) in [5, 5.41) is 0. The van der Waals surface area contributed by atoms with Gasteiger partial charge in [0, 0.05) is 19.3 Å². The molecule has 6 heteroatoms. The molecule has 6 nitrogen and oxygen atoms in total. The van der Waals surface area contributed by atoms with Crippen LogP contribution in [0.2, 0.25) is 0 Å². The Hall–Kier alpha value is -3.41. The Kier molecular flexibility index (Phi) is 53.4. The second-order valence-corrected chi connectivity index (χ2v) is 18.8. The van der Waals surface area contributed by atoms with Gasteiger partial charge in [-0.1, -0.05) is 228 Å². The Morgan fingerprint density at radius 1 is 0.309 bits per heavy atom. The minimum absolute atomic E-state index is 0.0905. The van der Waals surface area contributed by atoms with E-state index in [0.29, 0.717) is 19.3 Å². The molecule has 0 aliphatic heterocycles. The molecule has 0 heterocycles. The van der Waals surface area contributed by atoms with Crippen molar-refractivity contribution in [2.24, 2.45) is 0 Å². The molecular formula is C62H106O6. The summed E-state index contributed by atoms with van der Waals surface area (Å²) in [5.41, 5.74) is 0. The highest BCUT2D eigenvalue weighted by Gasteiger charge is 2.19. The molecule has 0 saturated heterocycles. The molecule has 0 aromatic rings. The summed E-state index contributed by atoms with van der Waals surface area (Å²) in [6, 6.07) is 0. The summed E-state index contributed by atoms with van der Waals surface area (Å²) in [5.74, 6) is -0.922. The van der Waals surface area contributed by atoms with Crippen molar-refractivity contribution in [2.45, 2.75) is 277 Å². The van der Waals surface area contributed by atoms with Crippen molar-refractivity contribution in [2.75, 3.05) is 13.2 Å². The normalized spacial score (nSPS) is 12.7. The fraction of sp³-hybridized carbons (Fsp3) is 0.726. The summed E-state index contributed by atoms with van der Waals surface area (Å²) < 4.78 is 16.8. The second kappa shape index (κ2) is 56.2. The molecule has 1 unspecified atom stereocenters. The van der Waals surface area contributed by atoms with E-state index in [1.165, 1.54) is 103 Å². The SMILES string of the molecule is CC/C=C\C/C=C\C/C=C\CCCCCCCC(=O)OC(COC(=O)CCCCCCC/C=C\C/C=C\CCCC)COC(=O)CCCCCCCCCCC/C=C\C/C=C\CCCCCCC. The number of hydrogen-bond donors (Lipinski definition) is 0. The lowest BCUT2D eigenvalue weighted by Gasteiger charge is -2.18. The molecule has 0 N–H and O–H groups in total. The molecule has 0 aromatic heterocycles.